The SMILES string of the molecule is CCN(CC)CCn1cncc1C(N)CO. The van der Waals surface area contributed by atoms with Gasteiger partial charge in [0.1, 0.15) is 0 Å². The fraction of sp³-hybridized carbons (Fsp3) is 0.727. The Balaban J connectivity index is 2.56. The summed E-state index contributed by atoms with van der Waals surface area (Å²) in [7, 11) is 0. The van der Waals surface area contributed by atoms with Gasteiger partial charge in [-0.2, -0.15) is 0 Å². The van der Waals surface area contributed by atoms with Gasteiger partial charge in [0.15, 0.2) is 0 Å². The average molecular weight is 226 g/mol. The molecule has 0 bridgehead atoms. The molecule has 0 fully saturated rings. The van der Waals surface area contributed by atoms with E-state index in [2.05, 4.69) is 23.7 Å². The molecule has 1 rings (SSSR count). The summed E-state index contributed by atoms with van der Waals surface area (Å²) in [5.74, 6) is 0. The lowest BCUT2D eigenvalue weighted by atomic mass is 10.2. The number of hydrogen-bond acceptors (Lipinski definition) is 4. The first-order chi connectivity index (χ1) is 7.72. The van der Waals surface area contributed by atoms with Crippen molar-refractivity contribution in [3.63, 3.8) is 0 Å². The molecule has 0 aliphatic heterocycles. The average Bonchev–Trinajstić information content (AvgIpc) is 2.77. The molecular weight excluding hydrogens is 204 g/mol. The smallest absolute Gasteiger partial charge is 0.0949 e. The van der Waals surface area contributed by atoms with E-state index in [0.29, 0.717) is 0 Å². The Labute approximate surface area is 96.9 Å². The third kappa shape index (κ3) is 3.30. The number of nitrogens with two attached hydrogens (primary N) is 1. The largest absolute Gasteiger partial charge is 0.394 e. The fourth-order valence-electron chi connectivity index (χ4n) is 1.71. The number of hydrogen-bond donors (Lipinski definition) is 2. The van der Waals surface area contributed by atoms with Crippen molar-refractivity contribution in [2.45, 2.75) is 26.4 Å². The van der Waals surface area contributed by atoms with Gasteiger partial charge in [0.05, 0.1) is 24.7 Å². The summed E-state index contributed by atoms with van der Waals surface area (Å²) in [5.41, 5.74) is 6.68. The molecule has 0 saturated heterocycles. The topological polar surface area (TPSA) is 67.3 Å². The van der Waals surface area contributed by atoms with Crippen LogP contribution in [0.2, 0.25) is 0 Å². The summed E-state index contributed by atoms with van der Waals surface area (Å²) in [6.45, 7) is 8.20. The van der Waals surface area contributed by atoms with E-state index in [0.717, 1.165) is 31.9 Å². The molecule has 0 aromatic carbocycles. The molecule has 0 aliphatic carbocycles. The summed E-state index contributed by atoms with van der Waals surface area (Å²) >= 11 is 0. The summed E-state index contributed by atoms with van der Waals surface area (Å²) in [4.78, 5) is 6.42. The van der Waals surface area contributed by atoms with E-state index in [1.54, 1.807) is 12.5 Å². The van der Waals surface area contributed by atoms with Gasteiger partial charge in [0, 0.05) is 19.3 Å². The predicted octanol–water partition coefficient (Wildman–Crippen LogP) is 0.217. The normalized spacial score (nSPS) is 13.3. The summed E-state index contributed by atoms with van der Waals surface area (Å²) in [6.07, 6.45) is 3.50. The van der Waals surface area contributed by atoms with Gasteiger partial charge >= 0.3 is 0 Å². The van der Waals surface area contributed by atoms with Gasteiger partial charge in [0.25, 0.3) is 0 Å². The van der Waals surface area contributed by atoms with Crippen LogP contribution in [0.25, 0.3) is 0 Å². The lowest BCUT2D eigenvalue weighted by Gasteiger charge is -2.19. The third-order valence-electron chi connectivity index (χ3n) is 2.87. The van der Waals surface area contributed by atoms with Crippen molar-refractivity contribution in [1.29, 1.82) is 0 Å². The van der Waals surface area contributed by atoms with Crippen molar-refractivity contribution < 1.29 is 5.11 Å². The number of rotatable bonds is 7. The van der Waals surface area contributed by atoms with E-state index in [1.165, 1.54) is 0 Å². The molecule has 16 heavy (non-hydrogen) atoms. The first-order valence-electron chi connectivity index (χ1n) is 5.81. The van der Waals surface area contributed by atoms with Crippen LogP contribution >= 0.6 is 0 Å². The van der Waals surface area contributed by atoms with E-state index in [9.17, 15) is 0 Å². The number of imidazole rings is 1. The van der Waals surface area contributed by atoms with Crippen molar-refractivity contribution in [1.82, 2.24) is 14.5 Å². The summed E-state index contributed by atoms with van der Waals surface area (Å²) < 4.78 is 2.01. The fourth-order valence-corrected chi connectivity index (χ4v) is 1.71. The molecule has 5 heteroatoms. The Morgan fingerprint density at radius 3 is 2.75 bits per heavy atom. The van der Waals surface area contributed by atoms with Gasteiger partial charge in [-0.25, -0.2) is 4.98 Å². The van der Waals surface area contributed by atoms with Crippen LogP contribution in [0.5, 0.6) is 0 Å². The Kier molecular flexibility index (Phi) is 5.45. The quantitative estimate of drug-likeness (QED) is 0.698. The molecule has 1 aromatic rings. The number of likely N-dealkylation sites (N-methyl/N-ethyl adjacent to an activating group) is 1. The van der Waals surface area contributed by atoms with Crippen LogP contribution in [0, 0.1) is 0 Å². The molecule has 3 N–H and O–H groups in total. The van der Waals surface area contributed by atoms with Crippen LogP contribution in [0.1, 0.15) is 25.6 Å². The second-order valence-corrected chi connectivity index (χ2v) is 3.83. The molecule has 92 valence electrons. The highest BCUT2D eigenvalue weighted by Crippen LogP contribution is 2.08. The summed E-state index contributed by atoms with van der Waals surface area (Å²) in [6, 6.07) is -0.334. The maximum atomic E-state index is 9.02. The molecule has 0 aliphatic rings. The minimum atomic E-state index is -0.334. The number of aliphatic hydroxyl groups excluding tert-OH is 1. The molecular formula is C11H22N4O. The zero-order chi connectivity index (χ0) is 12.0. The Bertz CT molecular complexity index is 296. The van der Waals surface area contributed by atoms with Crippen LogP contribution in [-0.2, 0) is 6.54 Å². The number of aliphatic hydroxyl groups is 1. The van der Waals surface area contributed by atoms with Crippen molar-refractivity contribution in [2.75, 3.05) is 26.2 Å². The highest BCUT2D eigenvalue weighted by molar-refractivity contribution is 5.04. The lowest BCUT2D eigenvalue weighted by Crippen LogP contribution is -2.28. The predicted molar refractivity (Wildman–Crippen MR) is 64.0 cm³/mol. The molecule has 0 amide bonds. The molecule has 0 spiro atoms. The standard InChI is InChI=1S/C11H22N4O/c1-3-14(4-2)5-6-15-9-13-7-11(15)10(12)8-16/h7,9-10,16H,3-6,8,12H2,1-2H3. The van der Waals surface area contributed by atoms with Gasteiger partial charge in [-0.05, 0) is 13.1 Å². The highest BCUT2D eigenvalue weighted by atomic mass is 16.3. The van der Waals surface area contributed by atoms with Gasteiger partial charge in [-0.15, -0.1) is 0 Å². The maximum Gasteiger partial charge on any atom is 0.0949 e. The van der Waals surface area contributed by atoms with Crippen molar-refractivity contribution >= 4 is 0 Å². The van der Waals surface area contributed by atoms with Crippen LogP contribution in [-0.4, -0.2) is 45.8 Å². The zero-order valence-corrected chi connectivity index (χ0v) is 10.1. The first kappa shape index (κ1) is 13.2. The van der Waals surface area contributed by atoms with Crippen LogP contribution in [0.3, 0.4) is 0 Å². The van der Waals surface area contributed by atoms with Gasteiger partial charge in [-0.3, -0.25) is 0 Å². The van der Waals surface area contributed by atoms with Crippen molar-refractivity contribution in [2.24, 2.45) is 5.73 Å². The molecule has 0 radical (unpaired) electrons. The number of aromatic nitrogens is 2. The van der Waals surface area contributed by atoms with E-state index in [4.69, 9.17) is 10.8 Å². The molecule has 0 saturated carbocycles. The maximum absolute atomic E-state index is 9.02. The van der Waals surface area contributed by atoms with E-state index < -0.39 is 0 Å². The van der Waals surface area contributed by atoms with Crippen LogP contribution in [0.4, 0.5) is 0 Å². The second kappa shape index (κ2) is 6.62. The molecule has 1 heterocycles. The zero-order valence-electron chi connectivity index (χ0n) is 10.1. The van der Waals surface area contributed by atoms with E-state index >= 15 is 0 Å². The minimum Gasteiger partial charge on any atom is -0.394 e. The van der Waals surface area contributed by atoms with E-state index in [1.807, 2.05) is 4.57 Å². The van der Waals surface area contributed by atoms with Gasteiger partial charge in [-0.1, -0.05) is 13.8 Å². The molecule has 1 aromatic heterocycles. The summed E-state index contributed by atoms with van der Waals surface area (Å²) in [5, 5.41) is 9.02. The first-order valence-corrected chi connectivity index (χ1v) is 5.81. The van der Waals surface area contributed by atoms with E-state index in [-0.39, 0.29) is 12.6 Å². The third-order valence-corrected chi connectivity index (χ3v) is 2.87. The molecule has 5 nitrogen and oxygen atoms in total. The lowest BCUT2D eigenvalue weighted by molar-refractivity contribution is 0.258. The number of nitrogens with zero attached hydrogens (tertiary/aromatic N) is 3. The second-order valence-electron chi connectivity index (χ2n) is 3.83. The molecule has 1 atom stereocenters. The Morgan fingerprint density at radius 1 is 1.50 bits per heavy atom. The van der Waals surface area contributed by atoms with Crippen molar-refractivity contribution in [3.05, 3.63) is 18.2 Å². The molecule has 1 unspecified atom stereocenters. The van der Waals surface area contributed by atoms with Crippen LogP contribution < -0.4 is 5.73 Å². The van der Waals surface area contributed by atoms with Gasteiger partial charge < -0.3 is 20.3 Å². The highest BCUT2D eigenvalue weighted by Gasteiger charge is 2.10. The Morgan fingerprint density at radius 2 is 2.19 bits per heavy atom. The minimum absolute atomic E-state index is 0.0447. The van der Waals surface area contributed by atoms with Crippen molar-refractivity contribution in [3.8, 4) is 0 Å². The van der Waals surface area contributed by atoms with Gasteiger partial charge in [0.2, 0.25) is 0 Å². The van der Waals surface area contributed by atoms with Crippen LogP contribution in [0.15, 0.2) is 12.5 Å². The monoisotopic (exact) mass is 226 g/mol. The Hall–Kier alpha value is -0.910.